The van der Waals surface area contributed by atoms with Gasteiger partial charge in [-0.3, -0.25) is 4.79 Å². The van der Waals surface area contributed by atoms with Crippen LogP contribution in [0.15, 0.2) is 42.6 Å². The van der Waals surface area contributed by atoms with Crippen molar-refractivity contribution in [3.05, 3.63) is 53.7 Å². The summed E-state index contributed by atoms with van der Waals surface area (Å²) in [5, 5.41) is 8.01. The molecule has 0 saturated carbocycles. The Bertz CT molecular complexity index is 650. The molecule has 1 aromatic carbocycles. The van der Waals surface area contributed by atoms with Crippen molar-refractivity contribution >= 4 is 11.7 Å². The van der Waals surface area contributed by atoms with Crippen LogP contribution in [0.3, 0.4) is 0 Å². The van der Waals surface area contributed by atoms with Gasteiger partial charge >= 0.3 is 0 Å². The molecule has 6 heteroatoms. The van der Waals surface area contributed by atoms with E-state index in [2.05, 4.69) is 15.1 Å². The second kappa shape index (κ2) is 6.75. The van der Waals surface area contributed by atoms with E-state index in [-0.39, 0.29) is 5.91 Å². The number of aryl methyl sites for hydroxylation is 1. The lowest BCUT2D eigenvalue weighted by Crippen LogP contribution is -2.51. The Morgan fingerprint density at radius 2 is 1.83 bits per heavy atom. The number of hydrogen-bond donors (Lipinski definition) is 1. The molecule has 1 aliphatic rings. The first-order chi connectivity index (χ1) is 11.1. The Kier molecular flexibility index (Phi) is 4.52. The summed E-state index contributed by atoms with van der Waals surface area (Å²) in [4.78, 5) is 16.5. The monoisotopic (exact) mass is 311 g/mol. The number of piperazine rings is 1. The van der Waals surface area contributed by atoms with Crippen LogP contribution in [0.1, 0.15) is 17.2 Å². The average Bonchev–Trinajstić information content (AvgIpc) is 2.62. The summed E-state index contributed by atoms with van der Waals surface area (Å²) in [7, 11) is 0. The minimum Gasteiger partial charge on any atom is -0.352 e. The van der Waals surface area contributed by atoms with Crippen LogP contribution in [-0.2, 0) is 4.79 Å². The topological polar surface area (TPSA) is 75.4 Å². The number of carbonyl (C=O) groups is 1. The van der Waals surface area contributed by atoms with E-state index in [0.29, 0.717) is 13.1 Å². The molecular formula is C17H21N5O. The van der Waals surface area contributed by atoms with E-state index < -0.39 is 6.04 Å². The van der Waals surface area contributed by atoms with Crippen molar-refractivity contribution in [2.24, 2.45) is 5.73 Å². The Hall–Kier alpha value is -2.47. The molecule has 1 fully saturated rings. The quantitative estimate of drug-likeness (QED) is 0.920. The number of hydrogen-bond acceptors (Lipinski definition) is 5. The van der Waals surface area contributed by atoms with Crippen LogP contribution in [-0.4, -0.2) is 47.2 Å². The van der Waals surface area contributed by atoms with Gasteiger partial charge in [-0.05, 0) is 24.6 Å². The third kappa shape index (κ3) is 3.48. The van der Waals surface area contributed by atoms with Crippen molar-refractivity contribution in [3.8, 4) is 0 Å². The molecule has 0 spiro atoms. The van der Waals surface area contributed by atoms with E-state index in [1.54, 1.807) is 6.20 Å². The first-order valence-corrected chi connectivity index (χ1v) is 7.79. The lowest BCUT2D eigenvalue weighted by Gasteiger charge is -2.36. The van der Waals surface area contributed by atoms with Crippen LogP contribution in [0, 0.1) is 6.92 Å². The molecule has 2 N–H and O–H groups in total. The Morgan fingerprint density at radius 3 is 2.43 bits per heavy atom. The third-order valence-corrected chi connectivity index (χ3v) is 4.18. The molecule has 23 heavy (non-hydrogen) atoms. The highest BCUT2D eigenvalue weighted by Gasteiger charge is 2.26. The van der Waals surface area contributed by atoms with Crippen molar-refractivity contribution in [2.45, 2.75) is 13.0 Å². The summed E-state index contributed by atoms with van der Waals surface area (Å²) in [6.07, 6.45) is 1.66. The smallest absolute Gasteiger partial charge is 0.244 e. The normalized spacial score (nSPS) is 16.3. The maximum absolute atomic E-state index is 12.6. The van der Waals surface area contributed by atoms with Crippen molar-refractivity contribution in [2.75, 3.05) is 31.1 Å². The van der Waals surface area contributed by atoms with Crippen LogP contribution in [0.25, 0.3) is 0 Å². The van der Waals surface area contributed by atoms with Crippen LogP contribution < -0.4 is 10.6 Å². The predicted molar refractivity (Wildman–Crippen MR) is 88.9 cm³/mol. The number of rotatable bonds is 3. The molecule has 0 aliphatic carbocycles. The SMILES string of the molecule is Cc1ccc(C(N)C(=O)N2CCN(c3cccnn3)CC2)cc1. The molecule has 1 aromatic heterocycles. The van der Waals surface area contributed by atoms with Crippen molar-refractivity contribution in [3.63, 3.8) is 0 Å². The van der Waals surface area contributed by atoms with Crippen molar-refractivity contribution in [1.82, 2.24) is 15.1 Å². The van der Waals surface area contributed by atoms with Gasteiger partial charge in [-0.1, -0.05) is 29.8 Å². The molecule has 1 saturated heterocycles. The summed E-state index contributed by atoms with van der Waals surface area (Å²) in [6.45, 7) is 4.79. The number of amides is 1. The van der Waals surface area contributed by atoms with Crippen LogP contribution in [0.2, 0.25) is 0 Å². The highest BCUT2D eigenvalue weighted by atomic mass is 16.2. The molecule has 1 atom stereocenters. The van der Waals surface area contributed by atoms with E-state index in [4.69, 9.17) is 5.73 Å². The van der Waals surface area contributed by atoms with Gasteiger partial charge in [0.15, 0.2) is 5.82 Å². The molecule has 1 unspecified atom stereocenters. The van der Waals surface area contributed by atoms with Crippen LogP contribution >= 0.6 is 0 Å². The molecular weight excluding hydrogens is 290 g/mol. The number of anilines is 1. The van der Waals surface area contributed by atoms with Gasteiger partial charge in [0.25, 0.3) is 0 Å². The number of benzene rings is 1. The summed E-state index contributed by atoms with van der Waals surface area (Å²) in [6, 6.07) is 11.0. The number of nitrogens with zero attached hydrogens (tertiary/aromatic N) is 4. The maximum atomic E-state index is 12.6. The Balaban J connectivity index is 1.60. The first-order valence-electron chi connectivity index (χ1n) is 7.79. The largest absolute Gasteiger partial charge is 0.352 e. The van der Waals surface area contributed by atoms with Gasteiger partial charge in [-0.25, -0.2) is 0 Å². The molecule has 1 aliphatic heterocycles. The molecule has 120 valence electrons. The van der Waals surface area contributed by atoms with E-state index in [0.717, 1.165) is 30.0 Å². The molecule has 2 aromatic rings. The average molecular weight is 311 g/mol. The Labute approximate surface area is 135 Å². The van der Waals surface area contributed by atoms with Gasteiger partial charge in [0.05, 0.1) is 0 Å². The second-order valence-electron chi connectivity index (χ2n) is 5.78. The van der Waals surface area contributed by atoms with E-state index >= 15 is 0 Å². The van der Waals surface area contributed by atoms with Gasteiger partial charge in [0, 0.05) is 32.4 Å². The van der Waals surface area contributed by atoms with Gasteiger partial charge < -0.3 is 15.5 Å². The first kappa shape index (κ1) is 15.4. The van der Waals surface area contributed by atoms with E-state index in [1.165, 1.54) is 0 Å². The fourth-order valence-corrected chi connectivity index (χ4v) is 2.73. The maximum Gasteiger partial charge on any atom is 0.244 e. The molecule has 0 radical (unpaired) electrons. The summed E-state index contributed by atoms with van der Waals surface area (Å²) in [5.41, 5.74) is 8.15. The Morgan fingerprint density at radius 1 is 1.13 bits per heavy atom. The lowest BCUT2D eigenvalue weighted by molar-refractivity contribution is -0.133. The highest BCUT2D eigenvalue weighted by Crippen LogP contribution is 2.17. The minimum atomic E-state index is -0.598. The molecule has 6 nitrogen and oxygen atoms in total. The summed E-state index contributed by atoms with van der Waals surface area (Å²) < 4.78 is 0. The molecule has 0 bridgehead atoms. The van der Waals surface area contributed by atoms with Gasteiger partial charge in [-0.15, -0.1) is 5.10 Å². The zero-order chi connectivity index (χ0) is 16.2. The number of nitrogens with two attached hydrogens (primary N) is 1. The van der Waals surface area contributed by atoms with Gasteiger partial charge in [0.2, 0.25) is 5.91 Å². The van der Waals surface area contributed by atoms with Crippen LogP contribution in [0.5, 0.6) is 0 Å². The minimum absolute atomic E-state index is 0.0207. The molecule has 3 rings (SSSR count). The van der Waals surface area contributed by atoms with Crippen molar-refractivity contribution < 1.29 is 4.79 Å². The number of aromatic nitrogens is 2. The predicted octanol–water partition coefficient (Wildman–Crippen LogP) is 1.13. The summed E-state index contributed by atoms with van der Waals surface area (Å²) in [5.74, 6) is 0.829. The second-order valence-corrected chi connectivity index (χ2v) is 5.78. The summed E-state index contributed by atoms with van der Waals surface area (Å²) >= 11 is 0. The molecule has 1 amide bonds. The van der Waals surface area contributed by atoms with Gasteiger partial charge in [0.1, 0.15) is 6.04 Å². The van der Waals surface area contributed by atoms with E-state index in [9.17, 15) is 4.79 Å². The zero-order valence-corrected chi connectivity index (χ0v) is 13.2. The fraction of sp³-hybridized carbons (Fsp3) is 0.353. The fourth-order valence-electron chi connectivity index (χ4n) is 2.73. The van der Waals surface area contributed by atoms with Crippen LogP contribution in [0.4, 0.5) is 5.82 Å². The highest BCUT2D eigenvalue weighted by molar-refractivity contribution is 5.83. The van der Waals surface area contributed by atoms with Crippen molar-refractivity contribution in [1.29, 1.82) is 0 Å². The van der Waals surface area contributed by atoms with E-state index in [1.807, 2.05) is 48.2 Å². The number of carbonyl (C=O) groups excluding carboxylic acids is 1. The standard InChI is InChI=1S/C17H21N5O/c1-13-4-6-14(7-5-13)16(18)17(23)22-11-9-21(10-12-22)15-3-2-8-19-20-15/h2-8,16H,9-12,18H2,1H3. The lowest BCUT2D eigenvalue weighted by atomic mass is 10.0. The zero-order valence-electron chi connectivity index (χ0n) is 13.2. The van der Waals surface area contributed by atoms with Gasteiger partial charge in [-0.2, -0.15) is 5.10 Å². The molecule has 2 heterocycles. The third-order valence-electron chi connectivity index (χ3n) is 4.18.